The smallest absolute Gasteiger partial charge is 0.161 e. The average molecular weight is 267 g/mol. The minimum absolute atomic E-state index is 0.146. The van der Waals surface area contributed by atoms with Gasteiger partial charge in [-0.05, 0) is 32.7 Å². The first-order chi connectivity index (χ1) is 9.17. The SMILES string of the molecule is CCCNC(c1c(OC)cnn1C)C1CCC(C)O1. The van der Waals surface area contributed by atoms with Gasteiger partial charge in [-0.15, -0.1) is 0 Å². The third kappa shape index (κ3) is 3.09. The second-order valence-electron chi connectivity index (χ2n) is 5.22. The van der Waals surface area contributed by atoms with Crippen LogP contribution in [0.2, 0.25) is 0 Å². The van der Waals surface area contributed by atoms with Crippen LogP contribution in [0.15, 0.2) is 6.20 Å². The van der Waals surface area contributed by atoms with Gasteiger partial charge in [-0.25, -0.2) is 0 Å². The van der Waals surface area contributed by atoms with Gasteiger partial charge in [0.05, 0.1) is 37.3 Å². The lowest BCUT2D eigenvalue weighted by Crippen LogP contribution is -2.34. The van der Waals surface area contributed by atoms with E-state index in [1.165, 1.54) is 0 Å². The number of aryl methyl sites for hydroxylation is 1. The number of hydrogen-bond donors (Lipinski definition) is 1. The van der Waals surface area contributed by atoms with E-state index in [4.69, 9.17) is 9.47 Å². The van der Waals surface area contributed by atoms with Crippen molar-refractivity contribution in [2.75, 3.05) is 13.7 Å². The Kier molecular flexibility index (Phi) is 4.82. The van der Waals surface area contributed by atoms with Gasteiger partial charge in [0.25, 0.3) is 0 Å². The normalized spacial score (nSPS) is 24.6. The summed E-state index contributed by atoms with van der Waals surface area (Å²) in [5.41, 5.74) is 1.08. The number of methoxy groups -OCH3 is 1. The maximum absolute atomic E-state index is 6.04. The van der Waals surface area contributed by atoms with Gasteiger partial charge in [0.1, 0.15) is 0 Å². The van der Waals surface area contributed by atoms with Crippen LogP contribution >= 0.6 is 0 Å². The maximum Gasteiger partial charge on any atom is 0.161 e. The molecule has 108 valence electrons. The second-order valence-corrected chi connectivity index (χ2v) is 5.22. The molecule has 2 rings (SSSR count). The first-order valence-corrected chi connectivity index (χ1v) is 7.12. The Hall–Kier alpha value is -1.07. The molecule has 0 aliphatic carbocycles. The predicted molar refractivity (Wildman–Crippen MR) is 74.4 cm³/mol. The molecule has 0 aromatic carbocycles. The minimum Gasteiger partial charge on any atom is -0.493 e. The zero-order valence-corrected chi connectivity index (χ0v) is 12.3. The standard InChI is InChI=1S/C14H25N3O2/c1-5-8-15-13(11-7-6-10(2)19-11)14-12(18-4)9-16-17(14)3/h9-11,13,15H,5-8H2,1-4H3. The summed E-state index contributed by atoms with van der Waals surface area (Å²) in [6.45, 7) is 5.27. The van der Waals surface area contributed by atoms with Gasteiger partial charge >= 0.3 is 0 Å². The molecule has 5 heteroatoms. The Bertz CT molecular complexity index is 405. The van der Waals surface area contributed by atoms with E-state index in [2.05, 4.69) is 24.3 Å². The van der Waals surface area contributed by atoms with E-state index in [-0.39, 0.29) is 12.1 Å². The quantitative estimate of drug-likeness (QED) is 0.857. The molecule has 3 atom stereocenters. The summed E-state index contributed by atoms with van der Waals surface area (Å²) in [5, 5.41) is 7.89. The zero-order valence-electron chi connectivity index (χ0n) is 12.3. The van der Waals surface area contributed by atoms with Crippen molar-refractivity contribution in [1.29, 1.82) is 0 Å². The maximum atomic E-state index is 6.04. The Labute approximate surface area is 115 Å². The van der Waals surface area contributed by atoms with E-state index < -0.39 is 0 Å². The second kappa shape index (κ2) is 6.39. The van der Waals surface area contributed by atoms with Gasteiger partial charge in [-0.3, -0.25) is 4.68 Å². The fourth-order valence-corrected chi connectivity index (χ4v) is 2.72. The highest BCUT2D eigenvalue weighted by molar-refractivity contribution is 5.29. The third-order valence-corrected chi connectivity index (χ3v) is 3.71. The largest absolute Gasteiger partial charge is 0.493 e. The van der Waals surface area contributed by atoms with Crippen LogP contribution in [0.4, 0.5) is 0 Å². The lowest BCUT2D eigenvalue weighted by Gasteiger charge is -2.25. The van der Waals surface area contributed by atoms with Crippen molar-refractivity contribution >= 4 is 0 Å². The molecular weight excluding hydrogens is 242 g/mol. The molecule has 0 bridgehead atoms. The average Bonchev–Trinajstić information content (AvgIpc) is 2.98. The van der Waals surface area contributed by atoms with Gasteiger partial charge < -0.3 is 14.8 Å². The molecular formula is C14H25N3O2. The van der Waals surface area contributed by atoms with Crippen molar-refractivity contribution in [3.8, 4) is 5.75 Å². The molecule has 1 N–H and O–H groups in total. The van der Waals surface area contributed by atoms with Crippen molar-refractivity contribution in [2.45, 2.75) is 51.4 Å². The molecule has 1 aromatic heterocycles. The molecule has 2 heterocycles. The monoisotopic (exact) mass is 267 g/mol. The molecule has 5 nitrogen and oxygen atoms in total. The Morgan fingerprint density at radius 2 is 2.37 bits per heavy atom. The molecule has 3 unspecified atom stereocenters. The Morgan fingerprint density at radius 3 is 2.95 bits per heavy atom. The summed E-state index contributed by atoms with van der Waals surface area (Å²) in [7, 11) is 3.65. The summed E-state index contributed by atoms with van der Waals surface area (Å²) in [5.74, 6) is 0.833. The summed E-state index contributed by atoms with van der Waals surface area (Å²) in [6.07, 6.45) is 5.61. The minimum atomic E-state index is 0.146. The molecule has 1 aliphatic rings. The molecule has 0 radical (unpaired) electrons. The van der Waals surface area contributed by atoms with E-state index in [0.717, 1.165) is 37.3 Å². The fourth-order valence-electron chi connectivity index (χ4n) is 2.72. The molecule has 1 fully saturated rings. The van der Waals surface area contributed by atoms with Crippen LogP contribution < -0.4 is 10.1 Å². The van der Waals surface area contributed by atoms with Crippen LogP contribution in [-0.4, -0.2) is 35.6 Å². The van der Waals surface area contributed by atoms with Gasteiger partial charge in [0.2, 0.25) is 0 Å². The highest BCUT2D eigenvalue weighted by Gasteiger charge is 2.33. The first kappa shape index (κ1) is 14.3. The molecule has 19 heavy (non-hydrogen) atoms. The molecule has 0 amide bonds. The lowest BCUT2D eigenvalue weighted by molar-refractivity contribution is 0.0293. The molecule has 1 aromatic rings. The number of nitrogens with one attached hydrogen (secondary N) is 1. The van der Waals surface area contributed by atoms with Crippen LogP contribution in [0.1, 0.15) is 44.8 Å². The number of aromatic nitrogens is 2. The number of rotatable bonds is 6. The van der Waals surface area contributed by atoms with E-state index >= 15 is 0 Å². The summed E-state index contributed by atoms with van der Waals surface area (Å²) in [6, 6.07) is 0.146. The Morgan fingerprint density at radius 1 is 1.58 bits per heavy atom. The molecule has 0 spiro atoms. The molecule has 0 saturated carbocycles. The Balaban J connectivity index is 2.23. The van der Waals surface area contributed by atoms with Gasteiger partial charge in [0.15, 0.2) is 5.75 Å². The topological polar surface area (TPSA) is 48.3 Å². The van der Waals surface area contributed by atoms with E-state index in [1.807, 2.05) is 11.7 Å². The van der Waals surface area contributed by atoms with E-state index in [9.17, 15) is 0 Å². The lowest BCUT2D eigenvalue weighted by atomic mass is 10.0. The third-order valence-electron chi connectivity index (χ3n) is 3.71. The van der Waals surface area contributed by atoms with Crippen molar-refractivity contribution in [1.82, 2.24) is 15.1 Å². The summed E-state index contributed by atoms with van der Waals surface area (Å²) >= 11 is 0. The molecule has 1 aliphatic heterocycles. The molecule has 1 saturated heterocycles. The number of ether oxygens (including phenoxy) is 2. The van der Waals surface area contributed by atoms with Crippen molar-refractivity contribution in [2.24, 2.45) is 7.05 Å². The number of hydrogen-bond acceptors (Lipinski definition) is 4. The highest BCUT2D eigenvalue weighted by Crippen LogP contribution is 2.34. The highest BCUT2D eigenvalue weighted by atomic mass is 16.5. The van der Waals surface area contributed by atoms with Gasteiger partial charge in [-0.2, -0.15) is 5.10 Å². The van der Waals surface area contributed by atoms with E-state index in [0.29, 0.717) is 6.10 Å². The van der Waals surface area contributed by atoms with Crippen LogP contribution in [0, 0.1) is 0 Å². The van der Waals surface area contributed by atoms with Crippen LogP contribution in [0.25, 0.3) is 0 Å². The predicted octanol–water partition coefficient (Wildman–Crippen LogP) is 2.04. The number of nitrogens with zero attached hydrogens (tertiary/aromatic N) is 2. The van der Waals surface area contributed by atoms with E-state index in [1.54, 1.807) is 13.3 Å². The fraction of sp³-hybridized carbons (Fsp3) is 0.786. The van der Waals surface area contributed by atoms with Crippen LogP contribution in [-0.2, 0) is 11.8 Å². The first-order valence-electron chi connectivity index (χ1n) is 7.12. The van der Waals surface area contributed by atoms with Gasteiger partial charge in [0, 0.05) is 7.05 Å². The van der Waals surface area contributed by atoms with Crippen molar-refractivity contribution < 1.29 is 9.47 Å². The van der Waals surface area contributed by atoms with Gasteiger partial charge in [-0.1, -0.05) is 6.92 Å². The van der Waals surface area contributed by atoms with Crippen molar-refractivity contribution in [3.63, 3.8) is 0 Å². The van der Waals surface area contributed by atoms with Crippen molar-refractivity contribution in [3.05, 3.63) is 11.9 Å². The van der Waals surface area contributed by atoms with Crippen LogP contribution in [0.5, 0.6) is 5.75 Å². The zero-order chi connectivity index (χ0) is 13.8. The van der Waals surface area contributed by atoms with Crippen LogP contribution in [0.3, 0.4) is 0 Å². The summed E-state index contributed by atoms with van der Waals surface area (Å²) < 4.78 is 13.4. The summed E-state index contributed by atoms with van der Waals surface area (Å²) in [4.78, 5) is 0.